The number of benzene rings is 2. The highest BCUT2D eigenvalue weighted by Crippen LogP contribution is 2.33. The number of hydrogen-bond donors (Lipinski definition) is 3. The summed E-state index contributed by atoms with van der Waals surface area (Å²) >= 11 is 6.40. The molecule has 0 spiro atoms. The molecule has 0 aliphatic carbocycles. The lowest BCUT2D eigenvalue weighted by Gasteiger charge is -2.26. The standard InChI is InChI=1S/C28H31ClN4O6/c1-17-23(29)13-19(14-24(17)38-11-8-33-6-9-37-10-7-33)31-28(36)30-15-18-2-3-20-22(16-39-25(20)12-18)21-4-5-26(34)32-27(21)35/h2-3,12-14,16,21H,4-11,15H2,1H3,(H2,30,31,36)(H,32,34,35). The highest BCUT2D eigenvalue weighted by Gasteiger charge is 2.30. The summed E-state index contributed by atoms with van der Waals surface area (Å²) < 4.78 is 17.1. The summed E-state index contributed by atoms with van der Waals surface area (Å²) in [6.07, 6.45) is 2.32. The van der Waals surface area contributed by atoms with Crippen molar-refractivity contribution in [2.75, 3.05) is 44.8 Å². The number of nitrogens with one attached hydrogen (secondary N) is 3. The van der Waals surface area contributed by atoms with E-state index in [1.54, 1.807) is 18.4 Å². The molecule has 5 rings (SSSR count). The van der Waals surface area contributed by atoms with Gasteiger partial charge in [0.1, 0.15) is 17.9 Å². The van der Waals surface area contributed by atoms with Crippen LogP contribution in [-0.2, 0) is 20.9 Å². The summed E-state index contributed by atoms with van der Waals surface area (Å²) in [7, 11) is 0. The van der Waals surface area contributed by atoms with Crippen molar-refractivity contribution in [2.24, 2.45) is 0 Å². The van der Waals surface area contributed by atoms with Gasteiger partial charge in [0.05, 0.1) is 25.4 Å². The minimum absolute atomic E-state index is 0.254. The summed E-state index contributed by atoms with van der Waals surface area (Å²) in [6, 6.07) is 8.64. The van der Waals surface area contributed by atoms with E-state index in [0.29, 0.717) is 41.5 Å². The van der Waals surface area contributed by atoms with Gasteiger partial charge in [-0.15, -0.1) is 0 Å². The van der Waals surface area contributed by atoms with E-state index < -0.39 is 11.9 Å². The van der Waals surface area contributed by atoms with Crippen molar-refractivity contribution in [3.63, 3.8) is 0 Å². The predicted octanol–water partition coefficient (Wildman–Crippen LogP) is 3.95. The van der Waals surface area contributed by atoms with Gasteiger partial charge in [0.2, 0.25) is 11.8 Å². The van der Waals surface area contributed by atoms with Crippen LogP contribution >= 0.6 is 11.6 Å². The Morgan fingerprint density at radius 1 is 1.21 bits per heavy atom. The maximum Gasteiger partial charge on any atom is 0.319 e. The number of amides is 4. The lowest BCUT2D eigenvalue weighted by molar-refractivity contribution is -0.134. The van der Waals surface area contributed by atoms with Gasteiger partial charge in [0, 0.05) is 65.9 Å². The lowest BCUT2D eigenvalue weighted by atomic mass is 9.90. The van der Waals surface area contributed by atoms with Crippen LogP contribution in [0.3, 0.4) is 0 Å². The Morgan fingerprint density at radius 3 is 2.82 bits per heavy atom. The molecule has 0 bridgehead atoms. The van der Waals surface area contributed by atoms with E-state index >= 15 is 0 Å². The number of hydrogen-bond acceptors (Lipinski definition) is 7. The summed E-state index contributed by atoms with van der Waals surface area (Å²) in [4.78, 5) is 38.7. The number of anilines is 1. The van der Waals surface area contributed by atoms with Crippen molar-refractivity contribution in [1.29, 1.82) is 0 Å². The molecule has 39 heavy (non-hydrogen) atoms. The molecule has 2 saturated heterocycles. The van der Waals surface area contributed by atoms with Gasteiger partial charge in [-0.25, -0.2) is 4.79 Å². The maximum atomic E-state index is 12.6. The third-order valence-electron chi connectivity index (χ3n) is 7.06. The normalized spacial score (nSPS) is 18.2. The average Bonchev–Trinajstić information content (AvgIpc) is 3.34. The van der Waals surface area contributed by atoms with Crippen molar-refractivity contribution < 1.29 is 28.3 Å². The molecule has 2 aliphatic heterocycles. The van der Waals surface area contributed by atoms with Crippen molar-refractivity contribution in [3.8, 4) is 5.75 Å². The lowest BCUT2D eigenvalue weighted by Crippen LogP contribution is -2.39. The predicted molar refractivity (Wildman–Crippen MR) is 146 cm³/mol. The van der Waals surface area contributed by atoms with E-state index in [1.807, 2.05) is 25.1 Å². The van der Waals surface area contributed by atoms with Crippen molar-refractivity contribution >= 4 is 46.1 Å². The van der Waals surface area contributed by atoms with Crippen LogP contribution in [0.25, 0.3) is 11.0 Å². The second-order valence-electron chi connectivity index (χ2n) is 9.72. The Hall–Kier alpha value is -3.60. The first kappa shape index (κ1) is 27.0. The minimum atomic E-state index is -0.423. The van der Waals surface area contributed by atoms with E-state index in [2.05, 4.69) is 20.9 Å². The Balaban J connectivity index is 1.16. The molecule has 3 heterocycles. The van der Waals surface area contributed by atoms with Crippen LogP contribution in [0.1, 0.15) is 35.4 Å². The number of urea groups is 1. The molecule has 1 atom stereocenters. The third kappa shape index (κ3) is 6.52. The highest BCUT2D eigenvalue weighted by atomic mass is 35.5. The first-order chi connectivity index (χ1) is 18.9. The largest absolute Gasteiger partial charge is 0.492 e. The molecule has 4 amide bonds. The molecular formula is C28H31ClN4O6. The number of nitrogens with zero attached hydrogens (tertiary/aromatic N) is 1. The van der Waals surface area contributed by atoms with E-state index in [4.69, 9.17) is 25.5 Å². The van der Waals surface area contributed by atoms with Gasteiger partial charge in [-0.2, -0.15) is 0 Å². The van der Waals surface area contributed by atoms with Gasteiger partial charge in [-0.3, -0.25) is 19.8 Å². The van der Waals surface area contributed by atoms with Gasteiger partial charge in [0.25, 0.3) is 0 Å². The average molecular weight is 555 g/mol. The van der Waals surface area contributed by atoms with Crippen LogP contribution in [0, 0.1) is 6.92 Å². The monoisotopic (exact) mass is 554 g/mol. The highest BCUT2D eigenvalue weighted by molar-refractivity contribution is 6.32. The molecule has 0 saturated carbocycles. The molecule has 2 fully saturated rings. The fourth-order valence-corrected chi connectivity index (χ4v) is 5.02. The number of halogens is 1. The summed E-state index contributed by atoms with van der Waals surface area (Å²) in [5, 5.41) is 9.36. The molecule has 3 aromatic rings. The van der Waals surface area contributed by atoms with Gasteiger partial charge < -0.3 is 24.5 Å². The van der Waals surface area contributed by atoms with Crippen LogP contribution in [0.5, 0.6) is 5.75 Å². The number of fused-ring (bicyclic) bond motifs is 1. The van der Waals surface area contributed by atoms with Crippen LogP contribution in [0.4, 0.5) is 10.5 Å². The number of morpholine rings is 1. The fraction of sp³-hybridized carbons (Fsp3) is 0.393. The Kier molecular flexibility index (Phi) is 8.35. The molecule has 3 N–H and O–H groups in total. The molecule has 206 valence electrons. The van der Waals surface area contributed by atoms with Gasteiger partial charge in [-0.1, -0.05) is 23.7 Å². The number of piperidine rings is 1. The fourth-order valence-electron chi connectivity index (χ4n) is 4.81. The number of carbonyl (C=O) groups is 3. The second-order valence-corrected chi connectivity index (χ2v) is 10.1. The first-order valence-corrected chi connectivity index (χ1v) is 13.4. The SMILES string of the molecule is Cc1c(Cl)cc(NC(=O)NCc2ccc3c(C4CCC(=O)NC4=O)coc3c2)cc1OCCN1CCOCC1. The van der Waals surface area contributed by atoms with E-state index in [-0.39, 0.29) is 18.4 Å². The van der Waals surface area contributed by atoms with Crippen molar-refractivity contribution in [3.05, 3.63) is 58.3 Å². The topological polar surface area (TPSA) is 122 Å². The number of carbonyl (C=O) groups excluding carboxylic acids is 3. The van der Waals surface area contributed by atoms with Crippen LogP contribution in [-0.4, -0.2) is 62.2 Å². The molecule has 11 heteroatoms. The zero-order chi connectivity index (χ0) is 27.4. The van der Waals surface area contributed by atoms with Crippen LogP contribution in [0.15, 0.2) is 41.0 Å². The third-order valence-corrected chi connectivity index (χ3v) is 7.45. The number of rotatable bonds is 8. The number of furan rings is 1. The maximum absolute atomic E-state index is 12.6. The Labute approximate surface area is 230 Å². The summed E-state index contributed by atoms with van der Waals surface area (Å²) in [5.74, 6) is -0.358. The molecule has 0 radical (unpaired) electrons. The molecule has 2 aliphatic rings. The van der Waals surface area contributed by atoms with E-state index in [9.17, 15) is 14.4 Å². The zero-order valence-electron chi connectivity index (χ0n) is 21.7. The quantitative estimate of drug-likeness (QED) is 0.360. The van der Waals surface area contributed by atoms with Gasteiger partial charge in [0.15, 0.2) is 0 Å². The van der Waals surface area contributed by atoms with Gasteiger partial charge >= 0.3 is 6.03 Å². The molecule has 1 unspecified atom stereocenters. The molecule has 10 nitrogen and oxygen atoms in total. The smallest absolute Gasteiger partial charge is 0.319 e. The van der Waals surface area contributed by atoms with Crippen molar-refractivity contribution in [2.45, 2.75) is 32.2 Å². The molecule has 1 aromatic heterocycles. The number of imide groups is 1. The van der Waals surface area contributed by atoms with E-state index in [0.717, 1.165) is 54.9 Å². The summed E-state index contributed by atoms with van der Waals surface area (Å²) in [5.41, 5.74) is 3.54. The van der Waals surface area contributed by atoms with E-state index in [1.165, 1.54) is 0 Å². The molecule has 2 aromatic carbocycles. The van der Waals surface area contributed by atoms with Crippen LogP contribution < -0.4 is 20.7 Å². The Morgan fingerprint density at radius 2 is 2.03 bits per heavy atom. The second kappa shape index (κ2) is 12.1. The Bertz CT molecular complexity index is 1380. The van der Waals surface area contributed by atoms with Crippen molar-refractivity contribution in [1.82, 2.24) is 15.5 Å². The van der Waals surface area contributed by atoms with Gasteiger partial charge in [-0.05, 0) is 31.0 Å². The first-order valence-electron chi connectivity index (χ1n) is 13.0. The molecular weight excluding hydrogens is 524 g/mol. The van der Waals surface area contributed by atoms with Crippen LogP contribution in [0.2, 0.25) is 5.02 Å². The summed E-state index contributed by atoms with van der Waals surface area (Å²) in [6.45, 7) is 6.68. The zero-order valence-corrected chi connectivity index (χ0v) is 22.4. The minimum Gasteiger partial charge on any atom is -0.492 e. The number of ether oxygens (including phenoxy) is 2.